The maximum atomic E-state index is 5.70. The van der Waals surface area contributed by atoms with E-state index in [4.69, 9.17) is 4.74 Å². The van der Waals surface area contributed by atoms with Gasteiger partial charge in [0.2, 0.25) is 0 Å². The average molecular weight is 274 g/mol. The van der Waals surface area contributed by atoms with Crippen LogP contribution in [0.25, 0.3) is 0 Å². The van der Waals surface area contributed by atoms with Crippen LogP contribution in [0.1, 0.15) is 24.8 Å². The van der Waals surface area contributed by atoms with E-state index in [1.54, 1.807) is 0 Å². The molecule has 3 heteroatoms. The van der Waals surface area contributed by atoms with Gasteiger partial charge in [-0.25, -0.2) is 0 Å². The zero-order valence-corrected chi connectivity index (χ0v) is 12.7. The highest BCUT2D eigenvalue weighted by atomic mass is 16.5. The molecule has 1 unspecified atom stereocenters. The van der Waals surface area contributed by atoms with E-state index in [9.17, 15) is 0 Å². The Balaban J connectivity index is 1.63. The third-order valence-corrected chi connectivity index (χ3v) is 4.58. The van der Waals surface area contributed by atoms with Gasteiger partial charge in [-0.3, -0.25) is 0 Å². The Labute approximate surface area is 122 Å². The number of aryl methyl sites for hydroxylation is 1. The van der Waals surface area contributed by atoms with Crippen LogP contribution in [0.5, 0.6) is 0 Å². The second-order valence-corrected chi connectivity index (χ2v) is 6.65. The van der Waals surface area contributed by atoms with Crippen molar-refractivity contribution in [1.82, 2.24) is 5.32 Å². The van der Waals surface area contributed by atoms with E-state index in [0.717, 1.165) is 32.3 Å². The van der Waals surface area contributed by atoms with Crippen LogP contribution in [0.4, 0.5) is 5.69 Å². The summed E-state index contributed by atoms with van der Waals surface area (Å²) >= 11 is 0. The zero-order chi connectivity index (χ0) is 14.0. The average Bonchev–Trinajstić information content (AvgIpc) is 3.17. The van der Waals surface area contributed by atoms with E-state index < -0.39 is 0 Å². The molecule has 1 aromatic carbocycles. The van der Waals surface area contributed by atoms with Crippen LogP contribution in [0.3, 0.4) is 0 Å². The highest BCUT2D eigenvalue weighted by molar-refractivity contribution is 5.47. The molecule has 1 aliphatic carbocycles. The molecule has 0 bridgehead atoms. The highest BCUT2D eigenvalue weighted by Crippen LogP contribution is 2.32. The van der Waals surface area contributed by atoms with Crippen molar-refractivity contribution in [2.45, 2.75) is 32.2 Å². The molecule has 1 N–H and O–H groups in total. The van der Waals surface area contributed by atoms with Crippen molar-refractivity contribution >= 4 is 5.69 Å². The van der Waals surface area contributed by atoms with Crippen molar-refractivity contribution in [2.75, 3.05) is 38.3 Å². The Morgan fingerprint density at radius 1 is 1.30 bits per heavy atom. The van der Waals surface area contributed by atoms with Gasteiger partial charge in [0, 0.05) is 43.9 Å². The smallest absolute Gasteiger partial charge is 0.0552 e. The molecule has 1 aliphatic heterocycles. The third-order valence-electron chi connectivity index (χ3n) is 4.58. The van der Waals surface area contributed by atoms with Gasteiger partial charge in [-0.15, -0.1) is 0 Å². The number of benzene rings is 1. The molecule has 110 valence electrons. The van der Waals surface area contributed by atoms with Crippen LogP contribution in [0, 0.1) is 12.3 Å². The maximum absolute atomic E-state index is 5.70. The zero-order valence-electron chi connectivity index (χ0n) is 12.7. The van der Waals surface area contributed by atoms with Crippen LogP contribution < -0.4 is 10.2 Å². The molecular formula is C17H26N2O. The van der Waals surface area contributed by atoms with Crippen LogP contribution >= 0.6 is 0 Å². The van der Waals surface area contributed by atoms with Gasteiger partial charge >= 0.3 is 0 Å². The number of nitrogens with zero attached hydrogens (tertiary/aromatic N) is 1. The fraction of sp³-hybridized carbons (Fsp3) is 0.647. The Bertz CT molecular complexity index is 433. The monoisotopic (exact) mass is 274 g/mol. The second kappa shape index (κ2) is 5.74. The Morgan fingerprint density at radius 2 is 2.05 bits per heavy atom. The van der Waals surface area contributed by atoms with Crippen molar-refractivity contribution in [1.29, 1.82) is 0 Å². The Morgan fingerprint density at radius 3 is 2.65 bits per heavy atom. The molecule has 0 radical (unpaired) electrons. The summed E-state index contributed by atoms with van der Waals surface area (Å²) in [7, 11) is 2.20. The second-order valence-electron chi connectivity index (χ2n) is 6.65. The summed E-state index contributed by atoms with van der Waals surface area (Å²) < 4.78 is 5.70. The first-order valence-corrected chi connectivity index (χ1v) is 7.76. The SMILES string of the molecule is Cc1ccc(N(C)CC2(CNC3CC3)CCOC2)cc1. The van der Waals surface area contributed by atoms with E-state index in [0.29, 0.717) is 0 Å². The quantitative estimate of drug-likeness (QED) is 0.863. The topological polar surface area (TPSA) is 24.5 Å². The first-order chi connectivity index (χ1) is 9.67. The fourth-order valence-corrected chi connectivity index (χ4v) is 3.01. The Hall–Kier alpha value is -1.06. The first kappa shape index (κ1) is 13.9. The van der Waals surface area contributed by atoms with Crippen LogP contribution in [0.2, 0.25) is 0 Å². The maximum Gasteiger partial charge on any atom is 0.0552 e. The molecular weight excluding hydrogens is 248 g/mol. The predicted octanol–water partition coefficient (Wildman–Crippen LogP) is 2.59. The molecule has 0 spiro atoms. The van der Waals surface area contributed by atoms with E-state index in [1.807, 2.05) is 0 Å². The lowest BCUT2D eigenvalue weighted by molar-refractivity contribution is 0.152. The van der Waals surface area contributed by atoms with Gasteiger partial charge in [-0.05, 0) is 38.3 Å². The van der Waals surface area contributed by atoms with E-state index in [1.165, 1.54) is 30.5 Å². The van der Waals surface area contributed by atoms with Gasteiger partial charge in [0.25, 0.3) is 0 Å². The molecule has 3 nitrogen and oxygen atoms in total. The van der Waals surface area contributed by atoms with E-state index in [2.05, 4.69) is 48.5 Å². The van der Waals surface area contributed by atoms with Gasteiger partial charge in [0.15, 0.2) is 0 Å². The fourth-order valence-electron chi connectivity index (χ4n) is 3.01. The number of ether oxygens (including phenoxy) is 1. The van der Waals surface area contributed by atoms with E-state index in [-0.39, 0.29) is 5.41 Å². The van der Waals surface area contributed by atoms with Crippen molar-refractivity contribution < 1.29 is 4.74 Å². The number of hydrogen-bond acceptors (Lipinski definition) is 3. The molecule has 0 amide bonds. The van der Waals surface area contributed by atoms with Gasteiger partial charge < -0.3 is 15.0 Å². The first-order valence-electron chi connectivity index (χ1n) is 7.76. The van der Waals surface area contributed by atoms with Crippen molar-refractivity contribution in [2.24, 2.45) is 5.41 Å². The molecule has 2 fully saturated rings. The summed E-state index contributed by atoms with van der Waals surface area (Å²) in [5.41, 5.74) is 2.90. The minimum absolute atomic E-state index is 0.280. The van der Waals surface area contributed by atoms with Gasteiger partial charge in [0.1, 0.15) is 0 Å². The van der Waals surface area contributed by atoms with Gasteiger partial charge in [-0.2, -0.15) is 0 Å². The highest BCUT2D eigenvalue weighted by Gasteiger charge is 2.37. The largest absolute Gasteiger partial charge is 0.381 e. The standard InChI is InChI=1S/C17H26N2O/c1-14-3-7-16(8-4-14)19(2)12-17(9-10-20-13-17)11-18-15-5-6-15/h3-4,7-8,15,18H,5-6,9-13H2,1-2H3. The van der Waals surface area contributed by atoms with Crippen molar-refractivity contribution in [3.05, 3.63) is 29.8 Å². The van der Waals surface area contributed by atoms with Crippen molar-refractivity contribution in [3.63, 3.8) is 0 Å². The van der Waals surface area contributed by atoms with E-state index >= 15 is 0 Å². The molecule has 1 saturated heterocycles. The molecule has 1 aromatic rings. The molecule has 1 saturated carbocycles. The summed E-state index contributed by atoms with van der Waals surface area (Å²) in [6.45, 7) is 6.09. The number of hydrogen-bond donors (Lipinski definition) is 1. The molecule has 0 aromatic heterocycles. The minimum atomic E-state index is 0.280. The Kier molecular flexibility index (Phi) is 3.99. The summed E-state index contributed by atoms with van der Waals surface area (Å²) in [5.74, 6) is 0. The van der Waals surface area contributed by atoms with Gasteiger partial charge in [-0.1, -0.05) is 17.7 Å². The van der Waals surface area contributed by atoms with Gasteiger partial charge in [0.05, 0.1) is 6.61 Å². The summed E-state index contributed by atoms with van der Waals surface area (Å²) in [6, 6.07) is 9.58. The lowest BCUT2D eigenvalue weighted by Gasteiger charge is -2.34. The predicted molar refractivity (Wildman–Crippen MR) is 83.3 cm³/mol. The molecule has 20 heavy (non-hydrogen) atoms. The molecule has 2 aliphatic rings. The summed E-state index contributed by atoms with van der Waals surface area (Å²) in [4.78, 5) is 2.38. The number of rotatable bonds is 6. The minimum Gasteiger partial charge on any atom is -0.381 e. The molecule has 3 rings (SSSR count). The van der Waals surface area contributed by atoms with Crippen LogP contribution in [-0.2, 0) is 4.74 Å². The number of anilines is 1. The number of nitrogens with one attached hydrogen (secondary N) is 1. The van der Waals surface area contributed by atoms with Crippen LogP contribution in [0.15, 0.2) is 24.3 Å². The van der Waals surface area contributed by atoms with Crippen LogP contribution in [-0.4, -0.2) is 39.4 Å². The summed E-state index contributed by atoms with van der Waals surface area (Å²) in [5, 5.41) is 3.70. The van der Waals surface area contributed by atoms with Crippen molar-refractivity contribution in [3.8, 4) is 0 Å². The lowest BCUT2D eigenvalue weighted by atomic mass is 9.86. The molecule has 1 atom stereocenters. The lowest BCUT2D eigenvalue weighted by Crippen LogP contribution is -2.44. The third kappa shape index (κ3) is 3.33. The molecule has 1 heterocycles. The summed E-state index contributed by atoms with van der Waals surface area (Å²) in [6.07, 6.45) is 3.87. The normalized spacial score (nSPS) is 25.9.